The predicted molar refractivity (Wildman–Crippen MR) is 311 cm³/mol. The molecule has 9 aromatic carbocycles. The molecule has 0 N–H and O–H groups in total. The molecule has 4 heterocycles. The summed E-state index contributed by atoms with van der Waals surface area (Å²) >= 11 is 0. The Bertz CT molecular complexity index is 4110. The van der Waals surface area contributed by atoms with E-state index in [1.165, 1.54) is 127 Å². The number of rotatable bonds is 3. The van der Waals surface area contributed by atoms with Crippen LogP contribution in [-0.2, 0) is 21.7 Å². The van der Waals surface area contributed by atoms with Crippen LogP contribution in [0.25, 0.3) is 88.0 Å². The van der Waals surface area contributed by atoms with Crippen LogP contribution in [0.2, 0.25) is 0 Å². The van der Waals surface area contributed by atoms with Crippen molar-refractivity contribution in [3.8, 4) is 33.6 Å². The average Bonchev–Trinajstić information content (AvgIpc) is 3.83. The lowest BCUT2D eigenvalue weighted by molar-refractivity contribution is 0.590. The van der Waals surface area contributed by atoms with E-state index in [0.29, 0.717) is 0 Å². The molecule has 2 aromatic heterocycles. The standard InChI is InChI=1S/C68H62BN3/c1-65(2,3)40-23-28-44(29-24-40)70(45-30-25-41(26-31-45)66(4,5)6)46-37-57-62-58(38-46)72-56-22-16-21-50-48-19-14-13-18-47(48)49-20-15-17-39-33-53(64(72)61(59(39)49)60(50)56)69(62)54-36-43(68(10,11)12)35-52-51-34-42(67(7,8)9)27-32-55(51)71(57)63(52)54/h13-38H,1-12H3. The highest BCUT2D eigenvalue weighted by Crippen LogP contribution is 2.52. The molecule has 0 fully saturated rings. The van der Waals surface area contributed by atoms with Gasteiger partial charge in [-0.3, -0.25) is 0 Å². The van der Waals surface area contributed by atoms with Crippen molar-refractivity contribution >= 4 is 94.5 Å². The van der Waals surface area contributed by atoms with Crippen molar-refractivity contribution in [1.29, 1.82) is 0 Å². The van der Waals surface area contributed by atoms with E-state index in [0.717, 1.165) is 17.1 Å². The number of aromatic nitrogens is 2. The zero-order valence-electron chi connectivity index (χ0n) is 43.9. The molecular weight excluding hydrogens is 870 g/mol. The average molecular weight is 932 g/mol. The minimum Gasteiger partial charge on any atom is -0.310 e. The predicted octanol–water partition coefficient (Wildman–Crippen LogP) is 16.5. The van der Waals surface area contributed by atoms with Crippen molar-refractivity contribution in [2.45, 2.75) is 105 Å². The Morgan fingerprint density at radius 1 is 0.361 bits per heavy atom. The molecule has 0 spiro atoms. The molecule has 4 heteroatoms. The van der Waals surface area contributed by atoms with Crippen LogP contribution in [0.15, 0.2) is 158 Å². The number of hydrogen-bond acceptors (Lipinski definition) is 1. The van der Waals surface area contributed by atoms with E-state index < -0.39 is 0 Å². The second-order valence-corrected chi connectivity index (χ2v) is 25.5. The minimum atomic E-state index is -0.0735. The molecule has 352 valence electrons. The van der Waals surface area contributed by atoms with Crippen molar-refractivity contribution in [1.82, 2.24) is 9.13 Å². The van der Waals surface area contributed by atoms with Gasteiger partial charge in [0, 0.05) is 49.8 Å². The number of benzene rings is 9. The van der Waals surface area contributed by atoms with Crippen LogP contribution in [0.3, 0.4) is 0 Å². The Morgan fingerprint density at radius 3 is 1.44 bits per heavy atom. The van der Waals surface area contributed by atoms with Gasteiger partial charge in [0.25, 0.3) is 6.71 Å². The lowest BCUT2D eigenvalue weighted by Gasteiger charge is -2.36. The summed E-state index contributed by atoms with van der Waals surface area (Å²) in [7, 11) is 0. The molecule has 0 saturated carbocycles. The van der Waals surface area contributed by atoms with E-state index in [1.54, 1.807) is 0 Å². The third kappa shape index (κ3) is 5.93. The highest BCUT2D eigenvalue weighted by atomic mass is 15.2. The monoisotopic (exact) mass is 932 g/mol. The van der Waals surface area contributed by atoms with E-state index in [9.17, 15) is 0 Å². The number of nitrogens with zero attached hydrogens (tertiary/aromatic N) is 3. The molecule has 0 unspecified atom stereocenters. The van der Waals surface area contributed by atoms with E-state index >= 15 is 0 Å². The van der Waals surface area contributed by atoms with Crippen molar-refractivity contribution < 1.29 is 0 Å². The van der Waals surface area contributed by atoms with Crippen LogP contribution < -0.4 is 21.3 Å². The van der Waals surface area contributed by atoms with Gasteiger partial charge in [-0.1, -0.05) is 180 Å². The van der Waals surface area contributed by atoms with Gasteiger partial charge in [0.15, 0.2) is 0 Å². The summed E-state index contributed by atoms with van der Waals surface area (Å²) in [6.45, 7) is 28.0. The first kappa shape index (κ1) is 43.5. The number of anilines is 3. The van der Waals surface area contributed by atoms with Gasteiger partial charge >= 0.3 is 0 Å². The fraction of sp³-hybridized carbons (Fsp3) is 0.235. The maximum absolute atomic E-state index is 2.69. The normalized spacial score (nSPS) is 13.8. The molecule has 11 aromatic rings. The van der Waals surface area contributed by atoms with Crippen LogP contribution in [0.4, 0.5) is 17.1 Å². The van der Waals surface area contributed by atoms with Crippen molar-refractivity contribution in [3.05, 3.63) is 180 Å². The molecule has 0 amide bonds. The Hall–Kier alpha value is -7.30. The third-order valence-electron chi connectivity index (χ3n) is 16.8. The SMILES string of the molecule is CC(C)(C)c1ccc(N(c2ccc(C(C)(C)C)cc2)c2cc3c4c(c2)-n2c5cccc6c5c5c7c(cccc7cc(c52)B4c2cc(C(C)(C)C)cc4c5cc(C(C)(C)C)ccc5n-3c24)-c2ccccc2-6)cc1. The fourth-order valence-electron chi connectivity index (χ4n) is 13.0. The molecule has 0 atom stereocenters. The fourth-order valence-corrected chi connectivity index (χ4v) is 13.0. The summed E-state index contributed by atoms with van der Waals surface area (Å²) in [6.07, 6.45) is 0. The van der Waals surface area contributed by atoms with Gasteiger partial charge in [0.1, 0.15) is 0 Å². The van der Waals surface area contributed by atoms with Crippen LogP contribution in [0, 0.1) is 0 Å². The lowest BCUT2D eigenvalue weighted by Crippen LogP contribution is -2.59. The topological polar surface area (TPSA) is 13.1 Å². The smallest absolute Gasteiger partial charge is 0.252 e. The first-order valence-corrected chi connectivity index (χ1v) is 26.2. The molecule has 3 nitrogen and oxygen atoms in total. The quantitative estimate of drug-likeness (QED) is 0.161. The first-order chi connectivity index (χ1) is 34.3. The summed E-state index contributed by atoms with van der Waals surface area (Å²) in [6, 6.07) is 62.0. The Labute approximate surface area is 424 Å². The molecule has 0 bridgehead atoms. The van der Waals surface area contributed by atoms with Crippen molar-refractivity contribution in [2.75, 3.05) is 4.90 Å². The zero-order valence-corrected chi connectivity index (χ0v) is 43.9. The third-order valence-corrected chi connectivity index (χ3v) is 16.8. The van der Waals surface area contributed by atoms with Crippen LogP contribution in [-0.4, -0.2) is 15.8 Å². The van der Waals surface area contributed by atoms with E-state index in [-0.39, 0.29) is 28.4 Å². The lowest BCUT2D eigenvalue weighted by atomic mass is 9.34. The second-order valence-electron chi connectivity index (χ2n) is 25.5. The second kappa shape index (κ2) is 14.2. The van der Waals surface area contributed by atoms with E-state index in [1.807, 2.05) is 0 Å². The van der Waals surface area contributed by atoms with Gasteiger partial charge in [-0.25, -0.2) is 0 Å². The van der Waals surface area contributed by atoms with Crippen LogP contribution >= 0.6 is 0 Å². The summed E-state index contributed by atoms with van der Waals surface area (Å²) in [5.74, 6) is 0. The Morgan fingerprint density at radius 2 is 0.861 bits per heavy atom. The summed E-state index contributed by atoms with van der Waals surface area (Å²) < 4.78 is 5.36. The molecular formula is C68H62BN3. The maximum Gasteiger partial charge on any atom is 0.252 e. The summed E-state index contributed by atoms with van der Waals surface area (Å²) in [5, 5.41) is 8.02. The summed E-state index contributed by atoms with van der Waals surface area (Å²) in [5.41, 5.74) is 25.8. The van der Waals surface area contributed by atoms with E-state index in [4.69, 9.17) is 0 Å². The Kier molecular flexibility index (Phi) is 8.59. The van der Waals surface area contributed by atoms with Gasteiger partial charge in [0.2, 0.25) is 0 Å². The largest absolute Gasteiger partial charge is 0.310 e. The molecule has 3 aliphatic rings. The van der Waals surface area contributed by atoms with Gasteiger partial charge in [-0.05, 0) is 154 Å². The van der Waals surface area contributed by atoms with Crippen molar-refractivity contribution in [2.24, 2.45) is 0 Å². The first-order valence-electron chi connectivity index (χ1n) is 26.2. The van der Waals surface area contributed by atoms with Crippen LogP contribution in [0.1, 0.15) is 105 Å². The van der Waals surface area contributed by atoms with Gasteiger partial charge in [-0.2, -0.15) is 0 Å². The number of fused-ring (bicyclic) bond motifs is 11. The molecule has 72 heavy (non-hydrogen) atoms. The molecule has 1 aliphatic carbocycles. The highest BCUT2D eigenvalue weighted by molar-refractivity contribution is 7.00. The van der Waals surface area contributed by atoms with Crippen molar-refractivity contribution in [3.63, 3.8) is 0 Å². The summed E-state index contributed by atoms with van der Waals surface area (Å²) in [4.78, 5) is 2.52. The molecule has 0 saturated heterocycles. The Balaban J connectivity index is 1.18. The van der Waals surface area contributed by atoms with Gasteiger partial charge < -0.3 is 14.0 Å². The zero-order chi connectivity index (χ0) is 49.7. The number of hydrogen-bond donors (Lipinski definition) is 0. The van der Waals surface area contributed by atoms with Gasteiger partial charge in [-0.15, -0.1) is 0 Å². The minimum absolute atomic E-state index is 0.00903. The maximum atomic E-state index is 2.69. The molecule has 2 aliphatic heterocycles. The highest BCUT2D eigenvalue weighted by Gasteiger charge is 2.43. The van der Waals surface area contributed by atoms with E-state index in [2.05, 4.69) is 255 Å². The molecule has 14 rings (SSSR count). The van der Waals surface area contributed by atoms with Gasteiger partial charge in [0.05, 0.1) is 22.2 Å². The molecule has 0 radical (unpaired) electrons. The van der Waals surface area contributed by atoms with Crippen LogP contribution in [0.5, 0.6) is 0 Å².